The lowest BCUT2D eigenvalue weighted by Gasteiger charge is -2.07. The van der Waals surface area contributed by atoms with Crippen LogP contribution in [0.15, 0.2) is 54.6 Å². The predicted octanol–water partition coefficient (Wildman–Crippen LogP) is 4.09. The number of rotatable bonds is 5. The van der Waals surface area contributed by atoms with Gasteiger partial charge >= 0.3 is 0 Å². The summed E-state index contributed by atoms with van der Waals surface area (Å²) in [6, 6.07) is 14.1. The summed E-state index contributed by atoms with van der Waals surface area (Å²) in [5, 5.41) is 3.09. The molecular formula is C22H20FN3O3S. The summed E-state index contributed by atoms with van der Waals surface area (Å²) >= 11 is 1.06. The Kier molecular flexibility index (Phi) is 6.58. The Morgan fingerprint density at radius 3 is 2.27 bits per heavy atom. The molecule has 8 heteroatoms. The van der Waals surface area contributed by atoms with Crippen LogP contribution in [0.25, 0.3) is 0 Å². The van der Waals surface area contributed by atoms with Gasteiger partial charge in [-0.2, -0.15) is 0 Å². The highest BCUT2D eigenvalue weighted by atomic mass is 32.1. The molecule has 0 fully saturated rings. The molecule has 1 heterocycles. The summed E-state index contributed by atoms with van der Waals surface area (Å²) in [6.45, 7) is 3.74. The average Bonchev–Trinajstić information content (AvgIpc) is 3.11. The highest BCUT2D eigenvalue weighted by Gasteiger charge is 2.17. The molecule has 30 heavy (non-hydrogen) atoms. The summed E-state index contributed by atoms with van der Waals surface area (Å²) in [6.07, 6.45) is 0.869. The number of thiophene rings is 1. The van der Waals surface area contributed by atoms with Crippen LogP contribution in [0.2, 0.25) is 0 Å². The predicted molar refractivity (Wildman–Crippen MR) is 114 cm³/mol. The smallest absolute Gasteiger partial charge is 0.280 e. The molecule has 3 rings (SSSR count). The van der Waals surface area contributed by atoms with E-state index in [0.29, 0.717) is 21.0 Å². The molecule has 3 amide bonds. The van der Waals surface area contributed by atoms with Crippen molar-refractivity contribution < 1.29 is 18.8 Å². The third-order valence-electron chi connectivity index (χ3n) is 4.36. The Bertz CT molecular complexity index is 1090. The van der Waals surface area contributed by atoms with Gasteiger partial charge in [0.15, 0.2) is 0 Å². The Balaban J connectivity index is 1.61. The van der Waals surface area contributed by atoms with Crippen LogP contribution in [-0.4, -0.2) is 17.7 Å². The number of nitrogens with one attached hydrogen (secondary N) is 3. The standard InChI is InChI=1S/C22H20FN3O3S/c1-3-14-7-9-15(10-8-14)21(28)25-26-22(29)19-13(2)11-18(30-19)24-20(27)16-5-4-6-17(23)12-16/h4-12H,3H2,1-2H3,(H,24,27)(H,25,28)(H,26,29). The summed E-state index contributed by atoms with van der Waals surface area (Å²) in [5.74, 6) is -1.92. The lowest BCUT2D eigenvalue weighted by Crippen LogP contribution is -2.41. The van der Waals surface area contributed by atoms with Crippen LogP contribution in [0.3, 0.4) is 0 Å². The van der Waals surface area contributed by atoms with Crippen molar-refractivity contribution >= 4 is 34.1 Å². The first-order chi connectivity index (χ1) is 14.4. The molecule has 3 N–H and O–H groups in total. The average molecular weight is 425 g/mol. The third kappa shape index (κ3) is 5.09. The first-order valence-corrected chi connectivity index (χ1v) is 10.1. The molecule has 2 aromatic carbocycles. The van der Waals surface area contributed by atoms with Gasteiger partial charge in [-0.15, -0.1) is 11.3 Å². The molecule has 0 saturated carbocycles. The number of carbonyl (C=O) groups excluding carboxylic acids is 3. The van der Waals surface area contributed by atoms with E-state index in [0.717, 1.165) is 29.4 Å². The first kappa shape index (κ1) is 21.2. The summed E-state index contributed by atoms with van der Waals surface area (Å²) in [4.78, 5) is 37.2. The number of hydrogen-bond acceptors (Lipinski definition) is 4. The van der Waals surface area contributed by atoms with E-state index in [4.69, 9.17) is 0 Å². The van der Waals surface area contributed by atoms with Crippen LogP contribution < -0.4 is 16.2 Å². The van der Waals surface area contributed by atoms with E-state index in [1.54, 1.807) is 25.1 Å². The number of hydrogen-bond donors (Lipinski definition) is 3. The van der Waals surface area contributed by atoms with Crippen molar-refractivity contribution in [3.63, 3.8) is 0 Å². The zero-order chi connectivity index (χ0) is 21.7. The van der Waals surface area contributed by atoms with Crippen LogP contribution in [0.4, 0.5) is 9.39 Å². The number of anilines is 1. The minimum absolute atomic E-state index is 0.174. The highest BCUT2D eigenvalue weighted by molar-refractivity contribution is 7.18. The van der Waals surface area contributed by atoms with Gasteiger partial charge in [0, 0.05) is 11.1 Å². The molecule has 1 aromatic heterocycles. The Hall–Kier alpha value is -3.52. The van der Waals surface area contributed by atoms with Crippen molar-refractivity contribution in [3.05, 3.63) is 87.5 Å². The molecule has 3 aromatic rings. The lowest BCUT2D eigenvalue weighted by atomic mass is 10.1. The van der Waals surface area contributed by atoms with Crippen LogP contribution in [0.5, 0.6) is 0 Å². The molecule has 0 unspecified atom stereocenters. The molecular weight excluding hydrogens is 405 g/mol. The monoisotopic (exact) mass is 425 g/mol. The Morgan fingerprint density at radius 1 is 0.900 bits per heavy atom. The second kappa shape index (κ2) is 9.32. The van der Waals surface area contributed by atoms with Gasteiger partial charge in [0.25, 0.3) is 17.7 Å². The molecule has 6 nitrogen and oxygen atoms in total. The molecule has 154 valence electrons. The van der Waals surface area contributed by atoms with Crippen LogP contribution in [0.1, 0.15) is 48.4 Å². The highest BCUT2D eigenvalue weighted by Crippen LogP contribution is 2.27. The van der Waals surface area contributed by atoms with Gasteiger partial charge in [0.05, 0.1) is 9.88 Å². The first-order valence-electron chi connectivity index (χ1n) is 9.24. The number of halogens is 1. The molecule has 0 radical (unpaired) electrons. The molecule has 0 spiro atoms. The molecule has 0 saturated heterocycles. The van der Waals surface area contributed by atoms with Gasteiger partial charge in [0.1, 0.15) is 5.82 Å². The molecule has 0 aliphatic heterocycles. The summed E-state index contributed by atoms with van der Waals surface area (Å²) in [5.41, 5.74) is 7.11. The minimum atomic E-state index is -0.509. The molecule has 0 bridgehead atoms. The van der Waals surface area contributed by atoms with E-state index < -0.39 is 23.5 Å². The number of aryl methyl sites for hydroxylation is 2. The fourth-order valence-corrected chi connectivity index (χ4v) is 3.68. The molecule has 0 aliphatic carbocycles. The molecule has 0 atom stereocenters. The van der Waals surface area contributed by atoms with Gasteiger partial charge in [-0.05, 0) is 60.9 Å². The topological polar surface area (TPSA) is 87.3 Å². The normalized spacial score (nSPS) is 10.4. The summed E-state index contributed by atoms with van der Waals surface area (Å²) < 4.78 is 13.3. The van der Waals surface area contributed by atoms with E-state index >= 15 is 0 Å². The van der Waals surface area contributed by atoms with Crippen LogP contribution in [-0.2, 0) is 6.42 Å². The minimum Gasteiger partial charge on any atom is -0.314 e. The second-order valence-corrected chi connectivity index (χ2v) is 7.60. The number of amides is 3. The third-order valence-corrected chi connectivity index (χ3v) is 5.51. The van der Waals surface area contributed by atoms with E-state index in [-0.39, 0.29) is 5.56 Å². The van der Waals surface area contributed by atoms with Gasteiger partial charge in [-0.25, -0.2) is 4.39 Å². The van der Waals surface area contributed by atoms with Gasteiger partial charge in [-0.3, -0.25) is 25.2 Å². The van der Waals surface area contributed by atoms with Gasteiger partial charge < -0.3 is 5.32 Å². The Labute approximate surface area is 177 Å². The molecule has 0 aliphatic rings. The number of benzene rings is 2. The van der Waals surface area contributed by atoms with Crippen molar-refractivity contribution in [1.29, 1.82) is 0 Å². The second-order valence-electron chi connectivity index (χ2n) is 6.55. The fourth-order valence-electron chi connectivity index (χ4n) is 2.72. The van der Waals surface area contributed by atoms with Gasteiger partial charge in [0.2, 0.25) is 0 Å². The van der Waals surface area contributed by atoms with Crippen molar-refractivity contribution in [1.82, 2.24) is 10.9 Å². The van der Waals surface area contributed by atoms with Crippen molar-refractivity contribution in [2.45, 2.75) is 20.3 Å². The lowest BCUT2D eigenvalue weighted by molar-refractivity contribution is 0.0848. The van der Waals surface area contributed by atoms with Crippen LogP contribution in [0, 0.1) is 12.7 Å². The maximum atomic E-state index is 13.3. The van der Waals surface area contributed by atoms with E-state index in [1.807, 2.05) is 19.1 Å². The van der Waals surface area contributed by atoms with E-state index in [2.05, 4.69) is 16.2 Å². The van der Waals surface area contributed by atoms with Crippen molar-refractivity contribution in [2.75, 3.05) is 5.32 Å². The fraction of sp³-hybridized carbons (Fsp3) is 0.136. The Morgan fingerprint density at radius 2 is 1.60 bits per heavy atom. The maximum Gasteiger partial charge on any atom is 0.280 e. The quantitative estimate of drug-likeness (QED) is 0.538. The summed E-state index contributed by atoms with van der Waals surface area (Å²) in [7, 11) is 0. The largest absolute Gasteiger partial charge is 0.314 e. The maximum absolute atomic E-state index is 13.3. The SMILES string of the molecule is CCc1ccc(C(=O)NNC(=O)c2sc(NC(=O)c3cccc(F)c3)cc2C)cc1. The van der Waals surface area contributed by atoms with Crippen molar-refractivity contribution in [3.8, 4) is 0 Å². The van der Waals surface area contributed by atoms with Gasteiger partial charge in [-0.1, -0.05) is 25.1 Å². The number of hydrazine groups is 1. The van der Waals surface area contributed by atoms with Crippen molar-refractivity contribution in [2.24, 2.45) is 0 Å². The van der Waals surface area contributed by atoms with Crippen LogP contribution >= 0.6 is 11.3 Å². The zero-order valence-corrected chi connectivity index (χ0v) is 17.2. The van der Waals surface area contributed by atoms with E-state index in [9.17, 15) is 18.8 Å². The number of carbonyl (C=O) groups is 3. The zero-order valence-electron chi connectivity index (χ0n) is 16.4. The van der Waals surface area contributed by atoms with E-state index in [1.165, 1.54) is 18.2 Å².